The molecule has 0 N–H and O–H groups in total. The molecule has 2 aliphatic heterocycles. The van der Waals surface area contributed by atoms with E-state index in [0.29, 0.717) is 55.3 Å². The Morgan fingerprint density at radius 3 is 2.72 bits per heavy atom. The van der Waals surface area contributed by atoms with Gasteiger partial charge in [-0.2, -0.15) is 0 Å². The van der Waals surface area contributed by atoms with Crippen molar-refractivity contribution >= 4 is 23.8 Å². The summed E-state index contributed by atoms with van der Waals surface area (Å²) in [4.78, 5) is 38.7. The van der Waals surface area contributed by atoms with Gasteiger partial charge in [0.1, 0.15) is 12.1 Å². The summed E-state index contributed by atoms with van der Waals surface area (Å²) in [6, 6.07) is 5.44. The highest BCUT2D eigenvalue weighted by Crippen LogP contribution is 2.34. The number of likely N-dealkylation sites (N-methyl/N-ethyl adjacent to an activating group) is 1. The van der Waals surface area contributed by atoms with Crippen LogP contribution in [0, 0.1) is 0 Å². The van der Waals surface area contributed by atoms with Crippen LogP contribution in [0.15, 0.2) is 35.6 Å². The van der Waals surface area contributed by atoms with Gasteiger partial charge >= 0.3 is 0 Å². The number of ether oxygens (including phenoxy) is 1. The van der Waals surface area contributed by atoms with Crippen LogP contribution in [0.3, 0.4) is 0 Å². The minimum atomic E-state index is -0.0204. The Morgan fingerprint density at radius 2 is 2.00 bits per heavy atom. The number of piperazine rings is 1. The summed E-state index contributed by atoms with van der Waals surface area (Å²) in [6.07, 6.45) is 4.00. The molecular weight excluding hydrogens is 372 g/mol. The Hall–Kier alpha value is -3.20. The molecule has 9 nitrogen and oxygen atoms in total. The van der Waals surface area contributed by atoms with Gasteiger partial charge < -0.3 is 19.4 Å². The molecular formula is C20H24N6O3. The van der Waals surface area contributed by atoms with Gasteiger partial charge in [0.2, 0.25) is 6.41 Å². The molecule has 0 atom stereocenters. The van der Waals surface area contributed by atoms with Crippen LogP contribution >= 0.6 is 0 Å². The van der Waals surface area contributed by atoms with E-state index < -0.39 is 0 Å². The Bertz CT molecular complexity index is 994. The molecule has 1 saturated heterocycles. The van der Waals surface area contributed by atoms with Gasteiger partial charge in [-0.05, 0) is 19.2 Å². The Kier molecular flexibility index (Phi) is 5.30. The highest BCUT2D eigenvalue weighted by atomic mass is 16.5. The van der Waals surface area contributed by atoms with Crippen molar-refractivity contribution in [3.05, 3.63) is 41.6 Å². The van der Waals surface area contributed by atoms with Gasteiger partial charge in [-0.25, -0.2) is 4.98 Å². The highest BCUT2D eigenvalue weighted by molar-refractivity contribution is 5.95. The predicted octanol–water partition coefficient (Wildman–Crippen LogP) is 0.370. The number of carbonyl (C=O) groups is 2. The molecule has 4 heterocycles. The fourth-order valence-corrected chi connectivity index (χ4v) is 3.58. The molecule has 2 aromatic heterocycles. The number of pyridine rings is 2. The van der Waals surface area contributed by atoms with Crippen molar-refractivity contribution in [2.75, 3.05) is 58.3 Å². The second kappa shape index (κ2) is 8.04. The van der Waals surface area contributed by atoms with E-state index in [-0.39, 0.29) is 5.91 Å². The molecule has 9 heteroatoms. The van der Waals surface area contributed by atoms with E-state index in [9.17, 15) is 9.59 Å². The molecule has 0 aliphatic carbocycles. The first-order valence-corrected chi connectivity index (χ1v) is 9.59. The summed E-state index contributed by atoms with van der Waals surface area (Å²) >= 11 is 0. The lowest BCUT2D eigenvalue weighted by Crippen LogP contribution is -2.47. The molecule has 152 valence electrons. The largest absolute Gasteiger partial charge is 0.488 e. The number of anilines is 2. The van der Waals surface area contributed by atoms with Gasteiger partial charge in [0.25, 0.3) is 5.91 Å². The summed E-state index contributed by atoms with van der Waals surface area (Å²) in [5.74, 6) is 1.21. The minimum Gasteiger partial charge on any atom is -0.488 e. The number of hydrogen-bond acceptors (Lipinski definition) is 7. The second-order valence-corrected chi connectivity index (χ2v) is 7.12. The molecule has 2 aromatic rings. The molecule has 0 unspecified atom stereocenters. The van der Waals surface area contributed by atoms with Crippen LogP contribution in [0.5, 0.6) is 5.75 Å². The molecule has 0 saturated carbocycles. The van der Waals surface area contributed by atoms with E-state index >= 15 is 0 Å². The van der Waals surface area contributed by atoms with Crippen LogP contribution in [0.25, 0.3) is 0 Å². The molecule has 1 amide bonds. The summed E-state index contributed by atoms with van der Waals surface area (Å²) in [7, 11) is 3.70. The topological polar surface area (TPSA) is 83.3 Å². The van der Waals surface area contributed by atoms with E-state index in [4.69, 9.17) is 4.74 Å². The number of aromatic nitrogens is 2. The third kappa shape index (κ3) is 3.73. The molecule has 29 heavy (non-hydrogen) atoms. The zero-order valence-electron chi connectivity index (χ0n) is 16.6. The van der Waals surface area contributed by atoms with Crippen LogP contribution < -0.4 is 15.1 Å². The number of fused-ring (bicyclic) bond motifs is 1. The summed E-state index contributed by atoms with van der Waals surface area (Å²) in [6.45, 7) is 4.25. The average molecular weight is 396 g/mol. The van der Waals surface area contributed by atoms with Crippen molar-refractivity contribution in [2.24, 2.45) is 4.99 Å². The fraction of sp³-hybridized carbons (Fsp3) is 0.400. The lowest BCUT2D eigenvalue weighted by atomic mass is 10.2. The van der Waals surface area contributed by atoms with Gasteiger partial charge in [0.05, 0.1) is 12.1 Å². The Balaban J connectivity index is 1.62. The lowest BCUT2D eigenvalue weighted by molar-refractivity contribution is 0.0663. The van der Waals surface area contributed by atoms with E-state index in [1.807, 2.05) is 21.9 Å². The molecule has 2 aliphatic rings. The Labute approximate surface area is 168 Å². The predicted molar refractivity (Wildman–Crippen MR) is 108 cm³/mol. The molecule has 1 fully saturated rings. The van der Waals surface area contributed by atoms with Gasteiger partial charge in [-0.3, -0.25) is 19.1 Å². The Morgan fingerprint density at radius 1 is 1.21 bits per heavy atom. The van der Waals surface area contributed by atoms with Crippen LogP contribution in [0.1, 0.15) is 10.4 Å². The molecule has 4 rings (SSSR count). The van der Waals surface area contributed by atoms with Crippen molar-refractivity contribution < 1.29 is 14.3 Å². The normalized spacial score (nSPS) is 17.7. The summed E-state index contributed by atoms with van der Waals surface area (Å²) in [5.41, 5.74) is 1.94. The number of hydrogen-bond donors (Lipinski definition) is 0. The molecule has 0 radical (unpaired) electrons. The van der Waals surface area contributed by atoms with E-state index in [2.05, 4.69) is 21.9 Å². The molecule has 0 bridgehead atoms. The smallest absolute Gasteiger partial charge is 0.255 e. The maximum atomic E-state index is 12.8. The lowest BCUT2D eigenvalue weighted by Gasteiger charge is -2.33. The number of carbonyl (C=O) groups excluding carboxylic acids is 2. The first kappa shape index (κ1) is 19.1. The van der Waals surface area contributed by atoms with Crippen LogP contribution in [-0.2, 0) is 4.79 Å². The minimum absolute atomic E-state index is 0.0204. The third-order valence-electron chi connectivity index (χ3n) is 5.30. The molecule has 0 aromatic carbocycles. The van der Waals surface area contributed by atoms with Gasteiger partial charge in [-0.15, -0.1) is 0 Å². The van der Waals surface area contributed by atoms with Gasteiger partial charge in [0.15, 0.2) is 11.6 Å². The van der Waals surface area contributed by atoms with Crippen molar-refractivity contribution in [1.29, 1.82) is 0 Å². The second-order valence-electron chi connectivity index (χ2n) is 7.12. The zero-order chi connectivity index (χ0) is 20.4. The maximum Gasteiger partial charge on any atom is 0.255 e. The number of nitrogens with zero attached hydrogens (tertiary/aromatic N) is 6. The quantitative estimate of drug-likeness (QED) is 0.697. The fourth-order valence-electron chi connectivity index (χ4n) is 3.58. The van der Waals surface area contributed by atoms with E-state index in [0.717, 1.165) is 18.8 Å². The average Bonchev–Trinajstić information content (AvgIpc) is 2.77. The zero-order valence-corrected chi connectivity index (χ0v) is 16.6. The number of amides is 1. The molecule has 0 spiro atoms. The monoisotopic (exact) mass is 396 g/mol. The van der Waals surface area contributed by atoms with Crippen molar-refractivity contribution in [3.8, 4) is 5.75 Å². The highest BCUT2D eigenvalue weighted by Gasteiger charge is 2.25. The van der Waals surface area contributed by atoms with Crippen molar-refractivity contribution in [2.45, 2.75) is 0 Å². The van der Waals surface area contributed by atoms with Crippen LogP contribution in [0.4, 0.5) is 11.5 Å². The van der Waals surface area contributed by atoms with Crippen molar-refractivity contribution in [1.82, 2.24) is 19.4 Å². The third-order valence-corrected chi connectivity index (χ3v) is 5.30. The maximum absolute atomic E-state index is 12.8. The van der Waals surface area contributed by atoms with E-state index in [1.54, 1.807) is 25.5 Å². The van der Waals surface area contributed by atoms with Gasteiger partial charge in [-0.1, -0.05) is 0 Å². The van der Waals surface area contributed by atoms with Crippen LogP contribution in [-0.4, -0.2) is 85.1 Å². The van der Waals surface area contributed by atoms with E-state index in [1.165, 1.54) is 4.57 Å². The summed E-state index contributed by atoms with van der Waals surface area (Å²) < 4.78 is 7.22. The number of rotatable bonds is 3. The first-order valence-electron chi connectivity index (χ1n) is 9.59. The van der Waals surface area contributed by atoms with Crippen LogP contribution in [0.2, 0.25) is 0 Å². The first-order chi connectivity index (χ1) is 14.1. The SMILES string of the molecule is CN=c1cc(N2CCOc3cc(C(=O)N4CCN(C)CC4)cnc32)ccn1C=O. The summed E-state index contributed by atoms with van der Waals surface area (Å²) in [5, 5.41) is 0. The standard InChI is InChI=1S/C20H24N6O3/c1-21-18-12-16(3-4-25(18)14-27)26-9-10-29-17-11-15(13-22-19(17)26)20(28)24-7-5-23(2)6-8-24/h3-4,11-14H,5-10H2,1-2H3. The van der Waals surface area contributed by atoms with Crippen molar-refractivity contribution in [3.63, 3.8) is 0 Å². The van der Waals surface area contributed by atoms with Gasteiger partial charge in [0, 0.05) is 57.4 Å².